The van der Waals surface area contributed by atoms with Crippen molar-refractivity contribution in [3.05, 3.63) is 64.2 Å². The molecule has 8 nitrogen and oxygen atoms in total. The normalized spacial score (nSPS) is 19.8. The lowest BCUT2D eigenvalue weighted by molar-refractivity contribution is -0.385. The lowest BCUT2D eigenvalue weighted by Gasteiger charge is -2.18. The summed E-state index contributed by atoms with van der Waals surface area (Å²) in [5.41, 5.74) is 6.71. The average Bonchev–Trinajstić information content (AvgIpc) is 3.13. The Labute approximate surface area is 169 Å². The van der Waals surface area contributed by atoms with Crippen LogP contribution < -0.4 is 10.5 Å². The van der Waals surface area contributed by atoms with Crippen molar-refractivity contribution < 1.29 is 18.1 Å². The molecule has 0 amide bonds. The van der Waals surface area contributed by atoms with E-state index in [4.69, 9.17) is 10.5 Å². The molecule has 2 atom stereocenters. The Hall–Kier alpha value is -2.20. The summed E-state index contributed by atoms with van der Waals surface area (Å²) < 4.78 is 32.8. The van der Waals surface area contributed by atoms with Gasteiger partial charge in [-0.3, -0.25) is 10.1 Å². The molecule has 0 radical (unpaired) electrons. The fraction of sp³-hybridized carbons (Fsp3) is 0.333. The first kappa shape index (κ1) is 22.1. The van der Waals surface area contributed by atoms with Crippen molar-refractivity contribution in [3.8, 4) is 5.75 Å². The molecule has 152 valence electrons. The molecule has 1 saturated heterocycles. The van der Waals surface area contributed by atoms with E-state index >= 15 is 0 Å². The predicted octanol–water partition coefficient (Wildman–Crippen LogP) is 2.39. The van der Waals surface area contributed by atoms with Crippen LogP contribution in [-0.2, 0) is 10.0 Å². The van der Waals surface area contributed by atoms with E-state index in [0.29, 0.717) is 19.6 Å². The van der Waals surface area contributed by atoms with E-state index in [1.165, 1.54) is 23.5 Å². The minimum absolute atomic E-state index is 0. The molecule has 1 aliphatic heterocycles. The molecule has 0 saturated carbocycles. The van der Waals surface area contributed by atoms with Gasteiger partial charge in [0, 0.05) is 25.1 Å². The fourth-order valence-corrected chi connectivity index (χ4v) is 5.13. The third-order valence-corrected chi connectivity index (χ3v) is 6.78. The van der Waals surface area contributed by atoms with Crippen LogP contribution in [0.4, 0.5) is 5.69 Å². The first-order valence-corrected chi connectivity index (χ1v) is 9.90. The third-order valence-electron chi connectivity index (χ3n) is 4.91. The van der Waals surface area contributed by atoms with Gasteiger partial charge in [-0.25, -0.2) is 8.42 Å². The van der Waals surface area contributed by atoms with Gasteiger partial charge >= 0.3 is 0 Å². The van der Waals surface area contributed by atoms with Crippen LogP contribution in [0.5, 0.6) is 5.75 Å². The average molecular weight is 428 g/mol. The Balaban J connectivity index is 0.00000280. The number of nitro groups is 1. The van der Waals surface area contributed by atoms with Gasteiger partial charge in [-0.15, -0.1) is 12.4 Å². The third kappa shape index (κ3) is 4.12. The zero-order valence-corrected chi connectivity index (χ0v) is 16.9. The number of nitrogens with two attached hydrogens (primary N) is 1. The molecule has 0 bridgehead atoms. The van der Waals surface area contributed by atoms with Crippen molar-refractivity contribution in [1.29, 1.82) is 0 Å². The number of non-ortho nitro benzene ring substituents is 1. The number of ether oxygens (including phenoxy) is 1. The zero-order chi connectivity index (χ0) is 19.6. The largest absolute Gasteiger partial charge is 0.495 e. The Kier molecular flexibility index (Phi) is 7.00. The monoisotopic (exact) mass is 427 g/mol. The van der Waals surface area contributed by atoms with E-state index in [1.807, 2.05) is 30.3 Å². The summed E-state index contributed by atoms with van der Waals surface area (Å²) in [4.78, 5) is 10.3. The number of sulfonamides is 1. The predicted molar refractivity (Wildman–Crippen MR) is 107 cm³/mol. The van der Waals surface area contributed by atoms with E-state index in [1.54, 1.807) is 0 Å². The molecule has 1 fully saturated rings. The topological polar surface area (TPSA) is 116 Å². The van der Waals surface area contributed by atoms with E-state index in [0.717, 1.165) is 11.6 Å². The summed E-state index contributed by atoms with van der Waals surface area (Å²) in [6.45, 7) is 0.954. The highest BCUT2D eigenvalue weighted by atomic mass is 35.5. The van der Waals surface area contributed by atoms with Crippen LogP contribution in [-0.4, -0.2) is 44.4 Å². The number of methoxy groups -OCH3 is 1. The molecule has 2 aromatic rings. The number of hydrogen-bond acceptors (Lipinski definition) is 6. The van der Waals surface area contributed by atoms with E-state index in [9.17, 15) is 18.5 Å². The molecule has 0 aliphatic carbocycles. The van der Waals surface area contributed by atoms with Gasteiger partial charge < -0.3 is 10.5 Å². The van der Waals surface area contributed by atoms with Crippen molar-refractivity contribution in [1.82, 2.24) is 4.31 Å². The first-order valence-electron chi connectivity index (χ1n) is 8.46. The number of benzene rings is 2. The van der Waals surface area contributed by atoms with Crippen LogP contribution in [0.25, 0.3) is 0 Å². The van der Waals surface area contributed by atoms with Crippen LogP contribution in [0.15, 0.2) is 53.4 Å². The van der Waals surface area contributed by atoms with Gasteiger partial charge in [-0.1, -0.05) is 30.3 Å². The molecule has 1 aliphatic rings. The van der Waals surface area contributed by atoms with Crippen LogP contribution in [0.1, 0.15) is 11.5 Å². The van der Waals surface area contributed by atoms with Crippen molar-refractivity contribution >= 4 is 28.1 Å². The van der Waals surface area contributed by atoms with Crippen molar-refractivity contribution in [3.63, 3.8) is 0 Å². The first-order chi connectivity index (χ1) is 12.9. The summed E-state index contributed by atoms with van der Waals surface area (Å²) in [5.74, 6) is -0.0575. The van der Waals surface area contributed by atoms with Gasteiger partial charge in [0.1, 0.15) is 10.6 Å². The molecule has 1 heterocycles. The Bertz CT molecular complexity index is 939. The van der Waals surface area contributed by atoms with E-state index in [2.05, 4.69) is 0 Å². The molecule has 28 heavy (non-hydrogen) atoms. The second-order valence-corrected chi connectivity index (χ2v) is 8.33. The minimum atomic E-state index is -3.88. The molecule has 0 unspecified atom stereocenters. The summed E-state index contributed by atoms with van der Waals surface area (Å²) in [6, 6.07) is 13.2. The molecule has 10 heteroatoms. The Morgan fingerprint density at radius 3 is 2.46 bits per heavy atom. The summed E-state index contributed by atoms with van der Waals surface area (Å²) in [5, 5.41) is 10.9. The van der Waals surface area contributed by atoms with Crippen molar-refractivity contribution in [2.24, 2.45) is 11.7 Å². The number of hydrogen-bond donors (Lipinski definition) is 1. The van der Waals surface area contributed by atoms with Gasteiger partial charge in [0.15, 0.2) is 0 Å². The van der Waals surface area contributed by atoms with Gasteiger partial charge in [-0.05, 0) is 24.1 Å². The van der Waals surface area contributed by atoms with Gasteiger partial charge in [0.05, 0.1) is 18.1 Å². The van der Waals surface area contributed by atoms with Crippen LogP contribution in [0, 0.1) is 16.0 Å². The fourth-order valence-electron chi connectivity index (χ4n) is 3.47. The van der Waals surface area contributed by atoms with Gasteiger partial charge in [0.25, 0.3) is 5.69 Å². The number of halogens is 1. The van der Waals surface area contributed by atoms with Crippen LogP contribution in [0.2, 0.25) is 0 Å². The quantitative estimate of drug-likeness (QED) is 0.559. The maximum Gasteiger partial charge on any atom is 0.273 e. The Morgan fingerprint density at radius 2 is 1.89 bits per heavy atom. The van der Waals surface area contributed by atoms with E-state index in [-0.39, 0.29) is 40.6 Å². The molecule has 0 spiro atoms. The van der Waals surface area contributed by atoms with Gasteiger partial charge in [-0.2, -0.15) is 4.31 Å². The smallest absolute Gasteiger partial charge is 0.273 e. The van der Waals surface area contributed by atoms with Crippen molar-refractivity contribution in [2.75, 3.05) is 26.7 Å². The van der Waals surface area contributed by atoms with Gasteiger partial charge in [0.2, 0.25) is 10.0 Å². The molecule has 2 N–H and O–H groups in total. The van der Waals surface area contributed by atoms with E-state index < -0.39 is 14.9 Å². The molecule has 3 rings (SSSR count). The number of nitrogens with zero attached hydrogens (tertiary/aromatic N) is 2. The second kappa shape index (κ2) is 8.87. The highest BCUT2D eigenvalue weighted by Crippen LogP contribution is 2.37. The molecule has 0 aromatic heterocycles. The second-order valence-electron chi connectivity index (χ2n) is 6.43. The SMILES string of the molecule is COc1cc([N+](=O)[O-])ccc1S(=O)(=O)N1C[C@@H](CN)[C@H](c2ccccc2)C1.Cl. The van der Waals surface area contributed by atoms with Crippen LogP contribution in [0.3, 0.4) is 0 Å². The van der Waals surface area contributed by atoms with Crippen LogP contribution >= 0.6 is 12.4 Å². The maximum atomic E-state index is 13.2. The zero-order valence-electron chi connectivity index (χ0n) is 15.2. The standard InChI is InChI=1S/C18H21N3O5S.ClH/c1-26-17-9-15(21(22)23)7-8-18(17)27(24,25)20-11-14(10-19)16(12-20)13-5-3-2-4-6-13;/h2-9,14,16H,10-12,19H2,1H3;1H/t14-,16+;/m1./s1. The minimum Gasteiger partial charge on any atom is -0.495 e. The summed E-state index contributed by atoms with van der Waals surface area (Å²) in [6.07, 6.45) is 0. The number of rotatable bonds is 6. The molecular formula is C18H22ClN3O5S. The molecular weight excluding hydrogens is 406 g/mol. The highest BCUT2D eigenvalue weighted by Gasteiger charge is 2.40. The highest BCUT2D eigenvalue weighted by molar-refractivity contribution is 7.89. The molecule has 2 aromatic carbocycles. The lowest BCUT2D eigenvalue weighted by Crippen LogP contribution is -2.30. The van der Waals surface area contributed by atoms with Crippen molar-refractivity contribution in [2.45, 2.75) is 10.8 Å². The summed E-state index contributed by atoms with van der Waals surface area (Å²) in [7, 11) is -2.59. The number of nitro benzene ring substituents is 1. The Morgan fingerprint density at radius 1 is 1.21 bits per heavy atom. The summed E-state index contributed by atoms with van der Waals surface area (Å²) >= 11 is 0. The lowest BCUT2D eigenvalue weighted by atomic mass is 9.89. The maximum absolute atomic E-state index is 13.2.